The first kappa shape index (κ1) is 12.1. The number of hydrogen-bond donors (Lipinski definition) is 1. The molecule has 0 bridgehead atoms. The lowest BCUT2D eigenvalue weighted by atomic mass is 9.82. The topological polar surface area (TPSA) is 40.5 Å². The van der Waals surface area contributed by atoms with Gasteiger partial charge < -0.3 is 10.0 Å². The first-order chi connectivity index (χ1) is 7.92. The third-order valence-electron chi connectivity index (χ3n) is 3.59. The minimum atomic E-state index is -0.694. The lowest BCUT2D eigenvalue weighted by Crippen LogP contribution is -2.65. The van der Waals surface area contributed by atoms with E-state index < -0.39 is 5.60 Å². The molecule has 0 spiro atoms. The maximum Gasteiger partial charge on any atom is 0.254 e. The second-order valence-corrected chi connectivity index (χ2v) is 5.29. The highest BCUT2D eigenvalue weighted by atomic mass is 16.3. The van der Waals surface area contributed by atoms with E-state index in [4.69, 9.17) is 0 Å². The van der Waals surface area contributed by atoms with Gasteiger partial charge in [0.2, 0.25) is 0 Å². The summed E-state index contributed by atoms with van der Waals surface area (Å²) >= 11 is 0. The zero-order chi connectivity index (χ0) is 12.6. The number of aliphatic hydroxyl groups is 1. The van der Waals surface area contributed by atoms with E-state index in [1.54, 1.807) is 4.90 Å². The number of likely N-dealkylation sites (tertiary alicyclic amines) is 1. The molecule has 2 rings (SSSR count). The van der Waals surface area contributed by atoms with Crippen molar-refractivity contribution in [2.75, 3.05) is 13.1 Å². The molecule has 0 atom stereocenters. The summed E-state index contributed by atoms with van der Waals surface area (Å²) in [5.74, 6) is 0.194. The van der Waals surface area contributed by atoms with Crippen molar-refractivity contribution in [2.24, 2.45) is 5.92 Å². The van der Waals surface area contributed by atoms with Crippen molar-refractivity contribution in [1.29, 1.82) is 0 Å². The Hall–Kier alpha value is -1.35. The quantitative estimate of drug-likeness (QED) is 0.846. The average molecular weight is 233 g/mol. The molecule has 0 radical (unpaired) electrons. The summed E-state index contributed by atoms with van der Waals surface area (Å²) in [6.07, 6.45) is 0. The van der Waals surface area contributed by atoms with Crippen LogP contribution in [0.2, 0.25) is 0 Å². The van der Waals surface area contributed by atoms with Crippen LogP contribution in [0.5, 0.6) is 0 Å². The Labute approximate surface area is 102 Å². The predicted molar refractivity (Wildman–Crippen MR) is 66.9 cm³/mol. The monoisotopic (exact) mass is 233 g/mol. The molecule has 1 saturated heterocycles. The van der Waals surface area contributed by atoms with Gasteiger partial charge in [-0.05, 0) is 25.0 Å². The average Bonchev–Trinajstić information content (AvgIpc) is 2.24. The molecule has 1 aromatic rings. The molecule has 3 nitrogen and oxygen atoms in total. The van der Waals surface area contributed by atoms with Gasteiger partial charge in [-0.15, -0.1) is 0 Å². The zero-order valence-corrected chi connectivity index (χ0v) is 10.6. The van der Waals surface area contributed by atoms with Crippen LogP contribution < -0.4 is 0 Å². The SMILES string of the molecule is Cc1ccc(C(=O)N2CC(O)(C(C)C)C2)cc1. The molecule has 92 valence electrons. The van der Waals surface area contributed by atoms with Gasteiger partial charge in [0.1, 0.15) is 5.60 Å². The minimum absolute atomic E-state index is 0.00956. The number of amides is 1. The fourth-order valence-corrected chi connectivity index (χ4v) is 2.00. The van der Waals surface area contributed by atoms with Crippen molar-refractivity contribution in [3.05, 3.63) is 35.4 Å². The number of hydrogen-bond acceptors (Lipinski definition) is 2. The number of nitrogens with zero attached hydrogens (tertiary/aromatic N) is 1. The summed E-state index contributed by atoms with van der Waals surface area (Å²) < 4.78 is 0. The molecule has 1 fully saturated rings. The van der Waals surface area contributed by atoms with Crippen LogP contribution in [0.4, 0.5) is 0 Å². The third kappa shape index (κ3) is 2.20. The molecule has 0 aromatic heterocycles. The minimum Gasteiger partial charge on any atom is -0.386 e. The Bertz CT molecular complexity index is 416. The van der Waals surface area contributed by atoms with Crippen LogP contribution in [0.3, 0.4) is 0 Å². The van der Waals surface area contributed by atoms with Gasteiger partial charge >= 0.3 is 0 Å². The van der Waals surface area contributed by atoms with Gasteiger partial charge in [0.25, 0.3) is 5.91 Å². The molecule has 1 aromatic carbocycles. The van der Waals surface area contributed by atoms with Gasteiger partial charge in [-0.2, -0.15) is 0 Å². The summed E-state index contributed by atoms with van der Waals surface area (Å²) in [6.45, 7) is 6.84. The molecule has 0 unspecified atom stereocenters. The molecule has 17 heavy (non-hydrogen) atoms. The fraction of sp³-hybridized carbons (Fsp3) is 0.500. The number of rotatable bonds is 2. The van der Waals surface area contributed by atoms with Crippen molar-refractivity contribution in [3.8, 4) is 0 Å². The Morgan fingerprint density at radius 1 is 1.29 bits per heavy atom. The van der Waals surface area contributed by atoms with E-state index >= 15 is 0 Å². The molecule has 1 N–H and O–H groups in total. The van der Waals surface area contributed by atoms with Gasteiger partial charge in [0.15, 0.2) is 0 Å². The van der Waals surface area contributed by atoms with Crippen molar-refractivity contribution in [1.82, 2.24) is 4.90 Å². The molecule has 1 amide bonds. The van der Waals surface area contributed by atoms with Crippen molar-refractivity contribution >= 4 is 5.91 Å². The van der Waals surface area contributed by atoms with Crippen LogP contribution in [0.15, 0.2) is 24.3 Å². The van der Waals surface area contributed by atoms with Crippen molar-refractivity contribution in [3.63, 3.8) is 0 Å². The van der Waals surface area contributed by atoms with E-state index in [0.29, 0.717) is 18.7 Å². The Balaban J connectivity index is 2.02. The number of benzene rings is 1. The fourth-order valence-electron chi connectivity index (χ4n) is 2.00. The van der Waals surface area contributed by atoms with Crippen LogP contribution in [-0.4, -0.2) is 34.6 Å². The lowest BCUT2D eigenvalue weighted by Gasteiger charge is -2.49. The number of carbonyl (C=O) groups is 1. The first-order valence-corrected chi connectivity index (χ1v) is 6.01. The Morgan fingerprint density at radius 3 is 2.29 bits per heavy atom. The van der Waals surface area contributed by atoms with Crippen LogP contribution in [0.1, 0.15) is 29.8 Å². The van der Waals surface area contributed by atoms with E-state index in [9.17, 15) is 9.90 Å². The molecule has 0 saturated carbocycles. The Morgan fingerprint density at radius 2 is 1.82 bits per heavy atom. The zero-order valence-electron chi connectivity index (χ0n) is 10.6. The van der Waals surface area contributed by atoms with Crippen molar-refractivity contribution < 1.29 is 9.90 Å². The van der Waals surface area contributed by atoms with E-state index in [-0.39, 0.29) is 11.8 Å². The Kier molecular flexibility index (Phi) is 2.96. The molecule has 3 heteroatoms. The number of β-amino-alcohol motifs (C(OH)–C–C–N with tert-alkyl or cyclic N) is 1. The summed E-state index contributed by atoms with van der Waals surface area (Å²) in [7, 11) is 0. The van der Waals surface area contributed by atoms with E-state index in [0.717, 1.165) is 5.56 Å². The van der Waals surface area contributed by atoms with E-state index in [1.807, 2.05) is 45.0 Å². The van der Waals surface area contributed by atoms with Crippen molar-refractivity contribution in [2.45, 2.75) is 26.4 Å². The second kappa shape index (κ2) is 4.15. The predicted octanol–water partition coefficient (Wildman–Crippen LogP) is 1.84. The first-order valence-electron chi connectivity index (χ1n) is 6.01. The van der Waals surface area contributed by atoms with Gasteiger partial charge in [-0.25, -0.2) is 0 Å². The summed E-state index contributed by atoms with van der Waals surface area (Å²) in [6, 6.07) is 7.54. The number of aryl methyl sites for hydroxylation is 1. The standard InChI is InChI=1S/C14H19NO2/c1-10(2)14(17)8-15(9-14)13(16)12-6-4-11(3)5-7-12/h4-7,10,17H,8-9H2,1-3H3. The van der Waals surface area contributed by atoms with E-state index in [2.05, 4.69) is 0 Å². The normalized spacial score (nSPS) is 18.1. The summed E-state index contributed by atoms with van der Waals surface area (Å²) in [4.78, 5) is 13.8. The van der Waals surface area contributed by atoms with Gasteiger partial charge in [-0.3, -0.25) is 4.79 Å². The summed E-state index contributed by atoms with van der Waals surface area (Å²) in [5, 5.41) is 10.1. The molecule has 1 aliphatic rings. The lowest BCUT2D eigenvalue weighted by molar-refractivity contribution is -0.110. The van der Waals surface area contributed by atoms with Crippen LogP contribution >= 0.6 is 0 Å². The maximum atomic E-state index is 12.1. The highest BCUT2D eigenvalue weighted by Crippen LogP contribution is 2.29. The smallest absolute Gasteiger partial charge is 0.254 e. The van der Waals surface area contributed by atoms with Crippen LogP contribution in [-0.2, 0) is 0 Å². The molecule has 1 heterocycles. The van der Waals surface area contributed by atoms with E-state index in [1.165, 1.54) is 0 Å². The third-order valence-corrected chi connectivity index (χ3v) is 3.59. The van der Waals surface area contributed by atoms with Crippen LogP contribution in [0.25, 0.3) is 0 Å². The summed E-state index contributed by atoms with van der Waals surface area (Å²) in [5.41, 5.74) is 1.14. The molecular weight excluding hydrogens is 214 g/mol. The second-order valence-electron chi connectivity index (χ2n) is 5.29. The maximum absolute atomic E-state index is 12.1. The van der Waals surface area contributed by atoms with Gasteiger partial charge in [-0.1, -0.05) is 31.5 Å². The highest BCUT2D eigenvalue weighted by Gasteiger charge is 2.45. The molecule has 0 aliphatic carbocycles. The highest BCUT2D eigenvalue weighted by molar-refractivity contribution is 5.95. The molecule has 1 aliphatic heterocycles. The number of carbonyl (C=O) groups excluding carboxylic acids is 1. The van der Waals surface area contributed by atoms with Gasteiger partial charge in [0.05, 0.1) is 13.1 Å². The van der Waals surface area contributed by atoms with Crippen LogP contribution in [0, 0.1) is 12.8 Å². The molecular formula is C14H19NO2. The largest absolute Gasteiger partial charge is 0.386 e. The van der Waals surface area contributed by atoms with Gasteiger partial charge in [0, 0.05) is 5.56 Å².